The summed E-state index contributed by atoms with van der Waals surface area (Å²) < 4.78 is 26.4. The van der Waals surface area contributed by atoms with Gasteiger partial charge in [0.05, 0.1) is 11.9 Å². The van der Waals surface area contributed by atoms with E-state index in [0.29, 0.717) is 18.7 Å². The molecule has 8 heteroatoms. The molecule has 2 rings (SSSR count). The quantitative estimate of drug-likeness (QED) is 0.451. The number of carbonyl (C=O) groups excluding carboxylic acids is 2. The first-order valence-corrected chi connectivity index (χ1v) is 14.4. The topological polar surface area (TPSA) is 86.8 Å². The van der Waals surface area contributed by atoms with Crippen LogP contribution in [0.3, 0.4) is 0 Å². The van der Waals surface area contributed by atoms with Crippen molar-refractivity contribution >= 4 is 27.5 Å². The van der Waals surface area contributed by atoms with E-state index in [2.05, 4.69) is 5.32 Å². The first-order valence-electron chi connectivity index (χ1n) is 12.5. The molecule has 198 valence electrons. The minimum Gasteiger partial charge on any atom is -0.352 e. The molecule has 0 aliphatic rings. The van der Waals surface area contributed by atoms with Crippen LogP contribution in [0, 0.1) is 20.8 Å². The zero-order chi connectivity index (χ0) is 27.0. The predicted molar refractivity (Wildman–Crippen MR) is 146 cm³/mol. The number of benzene rings is 2. The van der Waals surface area contributed by atoms with E-state index in [4.69, 9.17) is 0 Å². The van der Waals surface area contributed by atoms with Crippen LogP contribution in [0.1, 0.15) is 62.3 Å². The molecule has 0 saturated carbocycles. The van der Waals surface area contributed by atoms with E-state index in [9.17, 15) is 18.0 Å². The fourth-order valence-corrected chi connectivity index (χ4v) is 5.10. The zero-order valence-electron chi connectivity index (χ0n) is 22.7. The second kappa shape index (κ2) is 12.9. The molecular weight excluding hydrogens is 474 g/mol. The van der Waals surface area contributed by atoms with Crippen LogP contribution >= 0.6 is 0 Å². The number of anilines is 1. The third kappa shape index (κ3) is 8.66. The van der Waals surface area contributed by atoms with Crippen molar-refractivity contribution in [3.05, 3.63) is 64.7 Å². The van der Waals surface area contributed by atoms with Crippen molar-refractivity contribution in [2.45, 2.75) is 79.4 Å². The van der Waals surface area contributed by atoms with Crippen molar-refractivity contribution < 1.29 is 18.0 Å². The Bertz CT molecular complexity index is 1140. The van der Waals surface area contributed by atoms with Gasteiger partial charge in [-0.05, 0) is 76.3 Å². The minimum atomic E-state index is -3.52. The van der Waals surface area contributed by atoms with Crippen LogP contribution in [0.5, 0.6) is 0 Å². The summed E-state index contributed by atoms with van der Waals surface area (Å²) in [5.74, 6) is -0.379. The lowest BCUT2D eigenvalue weighted by Gasteiger charge is -2.30. The minimum absolute atomic E-state index is 0.0111. The molecule has 0 aliphatic carbocycles. The molecule has 7 nitrogen and oxygen atoms in total. The van der Waals surface area contributed by atoms with E-state index in [1.54, 1.807) is 11.8 Å². The summed E-state index contributed by atoms with van der Waals surface area (Å²) in [5, 5.41) is 2.97. The Hall–Kier alpha value is -2.87. The zero-order valence-corrected chi connectivity index (χ0v) is 23.5. The van der Waals surface area contributed by atoms with Gasteiger partial charge in [0.1, 0.15) is 6.04 Å². The maximum Gasteiger partial charge on any atom is 0.242 e. The second-order valence-corrected chi connectivity index (χ2v) is 11.7. The van der Waals surface area contributed by atoms with Crippen LogP contribution in [0.2, 0.25) is 0 Å². The van der Waals surface area contributed by atoms with Gasteiger partial charge in [0.2, 0.25) is 21.8 Å². The molecule has 2 aromatic rings. The molecule has 0 heterocycles. The van der Waals surface area contributed by atoms with Gasteiger partial charge in [-0.1, -0.05) is 42.8 Å². The number of nitrogens with zero attached hydrogens (tertiary/aromatic N) is 2. The number of sulfonamides is 1. The van der Waals surface area contributed by atoms with Gasteiger partial charge in [-0.3, -0.25) is 13.9 Å². The average molecular weight is 516 g/mol. The highest BCUT2D eigenvalue weighted by Gasteiger charge is 2.27. The summed E-state index contributed by atoms with van der Waals surface area (Å²) in [5.41, 5.74) is 4.56. The molecule has 0 bridgehead atoms. The number of amides is 2. The van der Waals surface area contributed by atoms with Crippen LogP contribution in [0.4, 0.5) is 5.69 Å². The Morgan fingerprint density at radius 1 is 0.972 bits per heavy atom. The summed E-state index contributed by atoms with van der Waals surface area (Å²) in [6.45, 7) is 12.0. The molecule has 1 N–H and O–H groups in total. The number of carbonyl (C=O) groups is 2. The lowest BCUT2D eigenvalue weighted by molar-refractivity contribution is -0.140. The number of hydrogen-bond acceptors (Lipinski definition) is 4. The fraction of sp³-hybridized carbons (Fsp3) is 0.500. The van der Waals surface area contributed by atoms with Crippen molar-refractivity contribution in [2.75, 3.05) is 17.1 Å². The third-order valence-corrected chi connectivity index (χ3v) is 7.44. The van der Waals surface area contributed by atoms with Crippen LogP contribution in [0.25, 0.3) is 0 Å². The molecule has 2 aromatic carbocycles. The van der Waals surface area contributed by atoms with E-state index in [1.165, 1.54) is 10.6 Å². The Morgan fingerprint density at radius 2 is 1.61 bits per heavy atom. The van der Waals surface area contributed by atoms with E-state index >= 15 is 0 Å². The van der Waals surface area contributed by atoms with Gasteiger partial charge in [-0.25, -0.2) is 8.42 Å². The predicted octanol–water partition coefficient (Wildman–Crippen LogP) is 4.49. The lowest BCUT2D eigenvalue weighted by Crippen LogP contribution is -2.49. The molecule has 36 heavy (non-hydrogen) atoms. The molecule has 0 spiro atoms. The summed E-state index contributed by atoms with van der Waals surface area (Å²) >= 11 is 0. The van der Waals surface area contributed by atoms with Gasteiger partial charge in [0, 0.05) is 25.6 Å². The fourth-order valence-electron chi connectivity index (χ4n) is 4.15. The third-order valence-electron chi connectivity index (χ3n) is 6.25. The van der Waals surface area contributed by atoms with Gasteiger partial charge >= 0.3 is 0 Å². The standard InChI is InChI=1S/C28H41N3O4S/c1-8-23(5)29-28(33)24(6)30(19-25-12-9-11-20(2)16-25)27(32)13-10-14-31(36(7,34)35)26-17-21(3)15-22(4)18-26/h9,11-12,15-18,23-24H,8,10,13-14,19H2,1-7H3,(H,29,33)/t23-,24-/m0/s1. The molecular formula is C28H41N3O4S. The van der Waals surface area contributed by atoms with Gasteiger partial charge in [-0.2, -0.15) is 0 Å². The monoisotopic (exact) mass is 515 g/mol. The van der Waals surface area contributed by atoms with Gasteiger partial charge < -0.3 is 10.2 Å². The van der Waals surface area contributed by atoms with Gasteiger partial charge in [-0.15, -0.1) is 0 Å². The molecule has 0 fully saturated rings. The normalized spacial score (nSPS) is 13.1. The molecule has 2 atom stereocenters. The number of nitrogens with one attached hydrogen (secondary N) is 1. The highest BCUT2D eigenvalue weighted by molar-refractivity contribution is 7.92. The molecule has 2 amide bonds. The van der Waals surface area contributed by atoms with Crippen molar-refractivity contribution in [3.8, 4) is 0 Å². The first-order chi connectivity index (χ1) is 16.8. The molecule has 0 radical (unpaired) electrons. The highest BCUT2D eigenvalue weighted by Crippen LogP contribution is 2.22. The van der Waals surface area contributed by atoms with Crippen molar-refractivity contribution in [1.82, 2.24) is 10.2 Å². The summed E-state index contributed by atoms with van der Waals surface area (Å²) in [6, 6.07) is 12.9. The van der Waals surface area contributed by atoms with Crippen LogP contribution in [0.15, 0.2) is 42.5 Å². The van der Waals surface area contributed by atoms with Crippen molar-refractivity contribution in [2.24, 2.45) is 0 Å². The number of aryl methyl sites for hydroxylation is 3. The van der Waals surface area contributed by atoms with E-state index < -0.39 is 16.1 Å². The summed E-state index contributed by atoms with van der Waals surface area (Å²) in [6.07, 6.45) is 2.44. The largest absolute Gasteiger partial charge is 0.352 e. The number of hydrogen-bond donors (Lipinski definition) is 1. The summed E-state index contributed by atoms with van der Waals surface area (Å²) in [4.78, 5) is 27.9. The maximum absolute atomic E-state index is 13.4. The highest BCUT2D eigenvalue weighted by atomic mass is 32.2. The second-order valence-electron chi connectivity index (χ2n) is 9.79. The number of rotatable bonds is 12. The molecule has 0 unspecified atom stereocenters. The van der Waals surface area contributed by atoms with Crippen molar-refractivity contribution in [1.29, 1.82) is 0 Å². The van der Waals surface area contributed by atoms with E-state index in [1.807, 2.05) is 77.1 Å². The van der Waals surface area contributed by atoms with Crippen LogP contribution < -0.4 is 9.62 Å². The Kier molecular flexibility index (Phi) is 10.5. The Labute approximate surface area is 216 Å². The maximum atomic E-state index is 13.4. The lowest BCUT2D eigenvalue weighted by atomic mass is 10.1. The first kappa shape index (κ1) is 29.4. The molecule has 0 aliphatic heterocycles. The molecule has 0 saturated heterocycles. The van der Waals surface area contributed by atoms with E-state index in [-0.39, 0.29) is 30.8 Å². The Balaban J connectivity index is 2.20. The van der Waals surface area contributed by atoms with Crippen LogP contribution in [-0.4, -0.2) is 50.0 Å². The van der Waals surface area contributed by atoms with Gasteiger partial charge in [0.25, 0.3) is 0 Å². The summed E-state index contributed by atoms with van der Waals surface area (Å²) in [7, 11) is -3.52. The SMILES string of the molecule is CC[C@H](C)NC(=O)[C@H](C)N(Cc1cccc(C)c1)C(=O)CCCN(c1cc(C)cc(C)c1)S(C)(=O)=O. The van der Waals surface area contributed by atoms with Gasteiger partial charge in [0.15, 0.2) is 0 Å². The Morgan fingerprint density at radius 3 is 2.17 bits per heavy atom. The average Bonchev–Trinajstić information content (AvgIpc) is 2.78. The van der Waals surface area contributed by atoms with E-state index in [0.717, 1.165) is 28.7 Å². The smallest absolute Gasteiger partial charge is 0.242 e. The van der Waals surface area contributed by atoms with Crippen LogP contribution in [-0.2, 0) is 26.2 Å². The molecule has 0 aromatic heterocycles. The van der Waals surface area contributed by atoms with Crippen molar-refractivity contribution in [3.63, 3.8) is 0 Å².